The van der Waals surface area contributed by atoms with Crippen LogP contribution in [-0.4, -0.2) is 77.5 Å². The summed E-state index contributed by atoms with van der Waals surface area (Å²) in [5.74, 6) is -1.30. The van der Waals surface area contributed by atoms with Crippen molar-refractivity contribution in [2.45, 2.75) is 45.3 Å². The van der Waals surface area contributed by atoms with Gasteiger partial charge in [0, 0.05) is 26.1 Å². The maximum absolute atomic E-state index is 12.5. The Hall–Kier alpha value is -2.65. The number of aliphatic carboxylic acids is 1. The number of nitrogens with one attached hydrogen (secondary N) is 1. The molecule has 1 atom stereocenters. The van der Waals surface area contributed by atoms with Crippen LogP contribution in [0.15, 0.2) is 30.3 Å². The quantitative estimate of drug-likeness (QED) is 0.615. The van der Waals surface area contributed by atoms with Crippen molar-refractivity contribution < 1.29 is 29.1 Å². The van der Waals surface area contributed by atoms with Crippen molar-refractivity contribution in [3.05, 3.63) is 35.9 Å². The van der Waals surface area contributed by atoms with Crippen LogP contribution in [0, 0.1) is 0 Å². The number of carboxylic acid groups (broad SMARTS) is 1. The zero-order valence-electron chi connectivity index (χ0n) is 17.8. The molecule has 1 aliphatic heterocycles. The fourth-order valence-electron chi connectivity index (χ4n) is 2.98. The van der Waals surface area contributed by atoms with E-state index in [9.17, 15) is 14.4 Å². The maximum Gasteiger partial charge on any atom is 0.410 e. The molecule has 1 amide bonds. The number of nitrogens with zero attached hydrogens (tertiary/aromatic N) is 2. The van der Waals surface area contributed by atoms with Crippen LogP contribution >= 0.6 is 0 Å². The van der Waals surface area contributed by atoms with Gasteiger partial charge >= 0.3 is 18.0 Å². The van der Waals surface area contributed by atoms with E-state index in [0.717, 1.165) is 0 Å². The lowest BCUT2D eigenvalue weighted by molar-refractivity contribution is -0.159. The van der Waals surface area contributed by atoms with Gasteiger partial charge in [0.15, 0.2) is 0 Å². The molecule has 1 aromatic carbocycles. The second-order valence-corrected chi connectivity index (χ2v) is 8.17. The Morgan fingerprint density at radius 2 is 1.87 bits per heavy atom. The highest BCUT2D eigenvalue weighted by atomic mass is 16.7. The lowest BCUT2D eigenvalue weighted by atomic mass is 10.2. The average molecular weight is 421 g/mol. The molecule has 2 rings (SSSR count). The van der Waals surface area contributed by atoms with Crippen molar-refractivity contribution in [3.8, 4) is 0 Å². The average Bonchev–Trinajstić information content (AvgIpc) is 2.67. The van der Waals surface area contributed by atoms with E-state index in [1.165, 1.54) is 0 Å². The summed E-state index contributed by atoms with van der Waals surface area (Å²) >= 11 is 0. The molecule has 166 valence electrons. The third-order valence-electron chi connectivity index (χ3n) is 4.41. The van der Waals surface area contributed by atoms with Gasteiger partial charge < -0.3 is 24.9 Å². The van der Waals surface area contributed by atoms with Crippen LogP contribution in [0.5, 0.6) is 0 Å². The van der Waals surface area contributed by atoms with E-state index in [1.807, 2.05) is 26.8 Å². The van der Waals surface area contributed by atoms with Gasteiger partial charge in [-0.25, -0.2) is 9.59 Å². The van der Waals surface area contributed by atoms with Gasteiger partial charge in [-0.15, -0.1) is 5.06 Å². The van der Waals surface area contributed by atoms with E-state index in [4.69, 9.17) is 14.7 Å². The molecule has 9 heteroatoms. The molecule has 30 heavy (non-hydrogen) atoms. The summed E-state index contributed by atoms with van der Waals surface area (Å²) < 4.78 is 5.46. The van der Waals surface area contributed by atoms with Gasteiger partial charge in [-0.3, -0.25) is 4.79 Å². The van der Waals surface area contributed by atoms with Gasteiger partial charge in [0.1, 0.15) is 5.60 Å². The molecule has 0 spiro atoms. The minimum Gasteiger partial charge on any atom is -0.481 e. The molecular formula is C21H31N3O6. The van der Waals surface area contributed by atoms with Crippen LogP contribution in [0.2, 0.25) is 0 Å². The van der Waals surface area contributed by atoms with Gasteiger partial charge in [-0.05, 0) is 45.9 Å². The summed E-state index contributed by atoms with van der Waals surface area (Å²) in [6, 6.07) is 8.41. The summed E-state index contributed by atoms with van der Waals surface area (Å²) in [4.78, 5) is 42.8. The number of carbonyl (C=O) groups is 3. The molecule has 1 aromatic rings. The van der Waals surface area contributed by atoms with Gasteiger partial charge in [0.2, 0.25) is 0 Å². The van der Waals surface area contributed by atoms with Crippen LogP contribution in [-0.2, 0) is 14.4 Å². The fraction of sp³-hybridized carbons (Fsp3) is 0.571. The first-order valence-electron chi connectivity index (χ1n) is 10.1. The molecule has 1 saturated heterocycles. The van der Waals surface area contributed by atoms with Crippen molar-refractivity contribution >= 4 is 18.0 Å². The second-order valence-electron chi connectivity index (χ2n) is 8.17. The standard InChI is InChI=1S/C21H31N3O6/c1-21(2,3)29-20(28)23-12-13-24(30-19(27)16-8-5-4-6-9-16)17(15-23)14-22-11-7-10-18(25)26/h4-6,8-9,17,22H,7,10-15H2,1-3H3,(H,25,26)/t17-/m1/s1. The molecule has 0 aromatic heterocycles. The third kappa shape index (κ3) is 8.00. The summed E-state index contributed by atoms with van der Waals surface area (Å²) in [7, 11) is 0. The molecule has 1 aliphatic rings. The van der Waals surface area contributed by atoms with Crippen molar-refractivity contribution in [1.82, 2.24) is 15.3 Å². The zero-order chi connectivity index (χ0) is 22.1. The number of carbonyl (C=O) groups excluding carboxylic acids is 2. The molecule has 1 heterocycles. The van der Waals surface area contributed by atoms with Gasteiger partial charge in [-0.2, -0.15) is 0 Å². The van der Waals surface area contributed by atoms with Crippen LogP contribution in [0.4, 0.5) is 4.79 Å². The number of hydroxylamine groups is 2. The number of benzene rings is 1. The third-order valence-corrected chi connectivity index (χ3v) is 4.41. The lowest BCUT2D eigenvalue weighted by Crippen LogP contribution is -2.58. The SMILES string of the molecule is CC(C)(C)OC(=O)N1CCN(OC(=O)c2ccccc2)[C@H](CNCCCC(=O)O)C1. The first-order chi connectivity index (χ1) is 14.2. The van der Waals surface area contributed by atoms with Gasteiger partial charge in [0.05, 0.1) is 18.2 Å². The Bertz CT molecular complexity index is 719. The van der Waals surface area contributed by atoms with E-state index in [-0.39, 0.29) is 12.5 Å². The summed E-state index contributed by atoms with van der Waals surface area (Å²) in [5.41, 5.74) is -0.154. The molecule has 0 radical (unpaired) electrons. The van der Waals surface area contributed by atoms with E-state index < -0.39 is 23.6 Å². The molecule has 0 saturated carbocycles. The molecule has 0 unspecified atom stereocenters. The van der Waals surface area contributed by atoms with E-state index >= 15 is 0 Å². The lowest BCUT2D eigenvalue weighted by Gasteiger charge is -2.40. The number of hydrogen-bond acceptors (Lipinski definition) is 7. The fourth-order valence-corrected chi connectivity index (χ4v) is 2.98. The Morgan fingerprint density at radius 3 is 2.50 bits per heavy atom. The highest BCUT2D eigenvalue weighted by Crippen LogP contribution is 2.16. The number of piperazine rings is 1. The Kier molecular flexibility index (Phi) is 8.61. The summed E-state index contributed by atoms with van der Waals surface area (Å²) in [6.45, 7) is 7.41. The van der Waals surface area contributed by atoms with Crippen molar-refractivity contribution in [2.75, 3.05) is 32.7 Å². The zero-order valence-corrected chi connectivity index (χ0v) is 17.8. The Balaban J connectivity index is 1.98. The predicted molar refractivity (Wildman–Crippen MR) is 110 cm³/mol. The van der Waals surface area contributed by atoms with E-state index in [2.05, 4.69) is 5.32 Å². The van der Waals surface area contributed by atoms with Crippen molar-refractivity contribution in [1.29, 1.82) is 0 Å². The highest BCUT2D eigenvalue weighted by molar-refractivity contribution is 5.89. The molecule has 0 bridgehead atoms. The van der Waals surface area contributed by atoms with Gasteiger partial charge in [-0.1, -0.05) is 18.2 Å². The van der Waals surface area contributed by atoms with E-state index in [0.29, 0.717) is 44.7 Å². The van der Waals surface area contributed by atoms with Crippen molar-refractivity contribution in [2.24, 2.45) is 0 Å². The van der Waals surface area contributed by atoms with Gasteiger partial charge in [0.25, 0.3) is 0 Å². The second kappa shape index (κ2) is 10.9. The minimum atomic E-state index is -0.844. The normalized spacial score (nSPS) is 17.4. The topological polar surface area (TPSA) is 108 Å². The van der Waals surface area contributed by atoms with Crippen LogP contribution in [0.3, 0.4) is 0 Å². The minimum absolute atomic E-state index is 0.0778. The van der Waals surface area contributed by atoms with Crippen LogP contribution in [0.1, 0.15) is 44.0 Å². The number of amides is 1. The summed E-state index contributed by atoms with van der Waals surface area (Å²) in [6.07, 6.45) is 0.156. The van der Waals surface area contributed by atoms with E-state index in [1.54, 1.807) is 34.2 Å². The Labute approximate surface area is 176 Å². The van der Waals surface area contributed by atoms with Crippen LogP contribution in [0.25, 0.3) is 0 Å². The molecule has 1 fully saturated rings. The largest absolute Gasteiger partial charge is 0.481 e. The maximum atomic E-state index is 12.5. The summed E-state index contributed by atoms with van der Waals surface area (Å²) in [5, 5.41) is 13.5. The number of carboxylic acids is 1. The Morgan fingerprint density at radius 1 is 1.17 bits per heavy atom. The highest BCUT2D eigenvalue weighted by Gasteiger charge is 2.34. The smallest absolute Gasteiger partial charge is 0.410 e. The first kappa shape index (κ1) is 23.6. The number of rotatable bonds is 8. The van der Waals surface area contributed by atoms with Crippen molar-refractivity contribution in [3.63, 3.8) is 0 Å². The predicted octanol–water partition coefficient (Wildman–Crippen LogP) is 2.13. The molecule has 9 nitrogen and oxygen atoms in total. The monoisotopic (exact) mass is 421 g/mol. The number of hydrogen-bond donors (Lipinski definition) is 2. The number of ether oxygens (including phenoxy) is 1. The molecular weight excluding hydrogens is 390 g/mol. The first-order valence-corrected chi connectivity index (χ1v) is 10.1. The molecule has 2 N–H and O–H groups in total. The van der Waals surface area contributed by atoms with Crippen LogP contribution < -0.4 is 5.32 Å². The molecule has 0 aliphatic carbocycles.